The summed E-state index contributed by atoms with van der Waals surface area (Å²) in [7, 11) is 0. The highest BCUT2D eigenvalue weighted by atomic mass is 35.5. The number of aromatic nitrogens is 2. The molecular weight excluding hydrogens is 390 g/mol. The average molecular weight is 418 g/mol. The van der Waals surface area contributed by atoms with E-state index in [9.17, 15) is 4.79 Å². The van der Waals surface area contributed by atoms with Gasteiger partial charge in [-0.1, -0.05) is 24.4 Å². The van der Waals surface area contributed by atoms with Gasteiger partial charge in [-0.05, 0) is 49.1 Å². The fourth-order valence-corrected chi connectivity index (χ4v) is 4.25. The van der Waals surface area contributed by atoms with E-state index in [1.807, 2.05) is 35.2 Å². The van der Waals surface area contributed by atoms with E-state index in [4.69, 9.17) is 21.1 Å². The van der Waals surface area contributed by atoms with Crippen LogP contribution >= 0.6 is 11.6 Å². The number of nitrogens with zero attached hydrogens (tertiary/aromatic N) is 2. The van der Waals surface area contributed by atoms with Crippen LogP contribution in [0.4, 0.5) is 0 Å². The number of amides is 1. The molecule has 6 nitrogen and oxygen atoms in total. The topological polar surface area (TPSA) is 67.5 Å². The average Bonchev–Trinajstić information content (AvgIpc) is 3.42. The lowest BCUT2D eigenvalue weighted by molar-refractivity contribution is -0.140. The molecule has 2 heterocycles. The molecule has 2 aliphatic rings. The molecule has 1 amide bonds. The summed E-state index contributed by atoms with van der Waals surface area (Å²) >= 11 is 5.88. The third-order valence-electron chi connectivity index (χ3n) is 5.79. The summed E-state index contributed by atoms with van der Waals surface area (Å²) in [6, 6.07) is 9.35. The van der Waals surface area contributed by atoms with Gasteiger partial charge < -0.3 is 14.4 Å². The number of rotatable bonds is 7. The van der Waals surface area contributed by atoms with Crippen molar-refractivity contribution in [3.8, 4) is 5.75 Å². The van der Waals surface area contributed by atoms with Crippen molar-refractivity contribution in [1.29, 1.82) is 0 Å². The van der Waals surface area contributed by atoms with E-state index >= 15 is 0 Å². The van der Waals surface area contributed by atoms with E-state index in [0.717, 1.165) is 17.1 Å². The van der Waals surface area contributed by atoms with Crippen molar-refractivity contribution < 1.29 is 14.3 Å². The summed E-state index contributed by atoms with van der Waals surface area (Å²) in [5, 5.41) is 8.17. The van der Waals surface area contributed by atoms with Crippen molar-refractivity contribution in [3.05, 3.63) is 46.7 Å². The molecule has 156 valence electrons. The summed E-state index contributed by atoms with van der Waals surface area (Å²) in [6.45, 7) is 2.36. The summed E-state index contributed by atoms with van der Waals surface area (Å²) in [4.78, 5) is 14.6. The quantitative estimate of drug-likeness (QED) is 0.734. The highest BCUT2D eigenvalue weighted by Crippen LogP contribution is 2.29. The molecule has 0 radical (unpaired) electrons. The zero-order chi connectivity index (χ0) is 20.1. The Morgan fingerprint density at radius 2 is 2.07 bits per heavy atom. The Kier molecular flexibility index (Phi) is 6.72. The maximum Gasteiger partial charge on any atom is 0.223 e. The van der Waals surface area contributed by atoms with Gasteiger partial charge in [0.05, 0.1) is 25.5 Å². The van der Waals surface area contributed by atoms with Crippen molar-refractivity contribution >= 4 is 17.5 Å². The zero-order valence-electron chi connectivity index (χ0n) is 16.6. The van der Waals surface area contributed by atoms with Gasteiger partial charge in [0.25, 0.3) is 0 Å². The molecule has 2 fully saturated rings. The van der Waals surface area contributed by atoms with Crippen molar-refractivity contribution in [2.75, 3.05) is 26.3 Å². The minimum atomic E-state index is -0.168. The van der Waals surface area contributed by atoms with Crippen LogP contribution in [0, 0.1) is 5.92 Å². The molecule has 0 spiro atoms. The number of morpholine rings is 1. The highest BCUT2D eigenvalue weighted by molar-refractivity contribution is 6.30. The number of hydrogen-bond acceptors (Lipinski definition) is 4. The second kappa shape index (κ2) is 9.63. The van der Waals surface area contributed by atoms with Gasteiger partial charge in [-0.2, -0.15) is 5.10 Å². The number of carbonyl (C=O) groups is 1. The largest absolute Gasteiger partial charge is 0.493 e. The molecule has 1 saturated heterocycles. The molecule has 29 heavy (non-hydrogen) atoms. The molecule has 1 aliphatic heterocycles. The maximum absolute atomic E-state index is 12.7. The number of carbonyl (C=O) groups excluding carboxylic acids is 1. The number of aromatic amines is 1. The first-order chi connectivity index (χ1) is 14.2. The maximum atomic E-state index is 12.7. The van der Waals surface area contributed by atoms with Crippen molar-refractivity contribution in [2.24, 2.45) is 5.92 Å². The van der Waals surface area contributed by atoms with Crippen molar-refractivity contribution in [1.82, 2.24) is 15.1 Å². The predicted octanol–water partition coefficient (Wildman–Crippen LogP) is 4.16. The van der Waals surface area contributed by atoms with Gasteiger partial charge in [0.15, 0.2) is 0 Å². The summed E-state index contributed by atoms with van der Waals surface area (Å²) in [6.07, 6.45) is 6.15. The van der Waals surface area contributed by atoms with Gasteiger partial charge >= 0.3 is 0 Å². The number of nitrogens with one attached hydrogen (secondary N) is 1. The molecule has 0 bridgehead atoms. The number of ether oxygens (including phenoxy) is 2. The Balaban J connectivity index is 1.26. The molecule has 1 atom stereocenters. The molecule has 1 N–H and O–H groups in total. The van der Waals surface area contributed by atoms with Crippen LogP contribution in [0.5, 0.6) is 5.75 Å². The highest BCUT2D eigenvalue weighted by Gasteiger charge is 2.29. The first-order valence-electron chi connectivity index (χ1n) is 10.5. The molecule has 4 rings (SSSR count). The van der Waals surface area contributed by atoms with Crippen LogP contribution in [0.15, 0.2) is 30.3 Å². The number of benzene rings is 1. The Morgan fingerprint density at radius 1 is 1.28 bits per heavy atom. The van der Waals surface area contributed by atoms with Crippen LogP contribution in [-0.2, 0) is 16.0 Å². The van der Waals surface area contributed by atoms with Gasteiger partial charge in [-0.25, -0.2) is 0 Å². The lowest BCUT2D eigenvalue weighted by atomic mass is 10.0. The Labute approximate surface area is 176 Å². The van der Waals surface area contributed by atoms with E-state index in [1.54, 1.807) is 0 Å². The molecule has 1 aromatic carbocycles. The number of halogens is 1. The molecular formula is C22H28ClN3O3. The molecule has 7 heteroatoms. The normalized spacial score (nSPS) is 20.2. The lowest BCUT2D eigenvalue weighted by Gasteiger charge is -2.32. The number of H-pyrrole nitrogens is 1. The van der Waals surface area contributed by atoms with Crippen molar-refractivity contribution in [2.45, 2.75) is 44.6 Å². The Morgan fingerprint density at radius 3 is 2.86 bits per heavy atom. The van der Waals surface area contributed by atoms with E-state index in [-0.39, 0.29) is 12.0 Å². The van der Waals surface area contributed by atoms with E-state index in [2.05, 4.69) is 10.2 Å². The SMILES string of the molecule is O=C(CC1CCCC1)N1CCO[C@H](c2cc(CCOc3ccc(Cl)cc3)[nH]n2)C1. The van der Waals surface area contributed by atoms with E-state index < -0.39 is 0 Å². The summed E-state index contributed by atoms with van der Waals surface area (Å²) in [5.74, 6) is 1.62. The van der Waals surface area contributed by atoms with Gasteiger partial charge in [-0.3, -0.25) is 9.89 Å². The van der Waals surface area contributed by atoms with Crippen LogP contribution in [0.25, 0.3) is 0 Å². The molecule has 1 aromatic heterocycles. The smallest absolute Gasteiger partial charge is 0.223 e. The van der Waals surface area contributed by atoms with Crippen molar-refractivity contribution in [3.63, 3.8) is 0 Å². The van der Waals surface area contributed by atoms with Crippen LogP contribution in [0.2, 0.25) is 5.02 Å². The van der Waals surface area contributed by atoms with Gasteiger partial charge in [-0.15, -0.1) is 0 Å². The monoisotopic (exact) mass is 417 g/mol. The summed E-state index contributed by atoms with van der Waals surface area (Å²) < 4.78 is 11.6. The third kappa shape index (κ3) is 5.52. The minimum Gasteiger partial charge on any atom is -0.493 e. The third-order valence-corrected chi connectivity index (χ3v) is 6.04. The molecule has 2 aromatic rings. The fourth-order valence-electron chi connectivity index (χ4n) is 4.13. The second-order valence-corrected chi connectivity index (χ2v) is 8.36. The van der Waals surface area contributed by atoms with Crippen LogP contribution in [-0.4, -0.2) is 47.3 Å². The van der Waals surface area contributed by atoms with Gasteiger partial charge in [0.1, 0.15) is 11.9 Å². The zero-order valence-corrected chi connectivity index (χ0v) is 17.4. The van der Waals surface area contributed by atoms with Gasteiger partial charge in [0.2, 0.25) is 5.91 Å². The minimum absolute atomic E-state index is 0.168. The summed E-state index contributed by atoms with van der Waals surface area (Å²) in [5.41, 5.74) is 1.84. The first kappa shape index (κ1) is 20.2. The Bertz CT molecular complexity index is 802. The first-order valence-corrected chi connectivity index (χ1v) is 10.9. The standard InChI is InChI=1S/C22H28ClN3O3/c23-17-5-7-19(8-6-17)28-11-9-18-14-20(25-24-18)21-15-26(10-12-29-21)22(27)13-16-3-1-2-4-16/h5-8,14,16,21H,1-4,9-13,15H2,(H,24,25)/t21-/m0/s1. The van der Waals surface area contributed by atoms with Crippen LogP contribution in [0.1, 0.15) is 49.6 Å². The van der Waals surface area contributed by atoms with Gasteiger partial charge in [0, 0.05) is 30.1 Å². The molecule has 0 unspecified atom stereocenters. The van der Waals surface area contributed by atoms with Crippen LogP contribution < -0.4 is 4.74 Å². The predicted molar refractivity (Wildman–Crippen MR) is 111 cm³/mol. The fraction of sp³-hybridized carbons (Fsp3) is 0.545. The molecule has 1 saturated carbocycles. The van der Waals surface area contributed by atoms with Crippen LogP contribution in [0.3, 0.4) is 0 Å². The van der Waals surface area contributed by atoms with E-state index in [1.165, 1.54) is 25.7 Å². The second-order valence-electron chi connectivity index (χ2n) is 7.92. The number of hydrogen-bond donors (Lipinski definition) is 1. The Hall–Kier alpha value is -2.05. The lowest BCUT2D eigenvalue weighted by Crippen LogP contribution is -2.42. The molecule has 1 aliphatic carbocycles. The van der Waals surface area contributed by atoms with E-state index in [0.29, 0.717) is 50.1 Å².